The Morgan fingerprint density at radius 1 is 0.829 bits per heavy atom. The largest absolute Gasteiger partial charge is 0.469 e. The number of hydrogen-bond donors (Lipinski definition) is 0. The number of esters is 3. The number of amides is 1. The molecule has 2 aromatic rings. The number of carbonyl (C=O) groups excluding carboxylic acids is 4. The van der Waals surface area contributed by atoms with E-state index in [-0.39, 0.29) is 37.1 Å². The number of ether oxygens (including phenoxy) is 3. The molecule has 0 aromatic heterocycles. The highest BCUT2D eigenvalue weighted by molar-refractivity contribution is 6.08. The van der Waals surface area contributed by atoms with Crippen LogP contribution in [0, 0.1) is 0 Å². The number of likely N-dealkylation sites (tertiary alicyclic amines) is 1. The summed E-state index contributed by atoms with van der Waals surface area (Å²) in [6, 6.07) is 14.6. The van der Waals surface area contributed by atoms with E-state index in [4.69, 9.17) is 14.2 Å². The van der Waals surface area contributed by atoms with Gasteiger partial charge in [-0.15, -0.1) is 0 Å². The Morgan fingerprint density at radius 3 is 1.93 bits per heavy atom. The van der Waals surface area contributed by atoms with Gasteiger partial charge in [-0.1, -0.05) is 64.1 Å². The van der Waals surface area contributed by atoms with E-state index < -0.39 is 29.8 Å². The van der Waals surface area contributed by atoms with Crippen LogP contribution in [0.2, 0.25) is 0 Å². The van der Waals surface area contributed by atoms with Gasteiger partial charge in [-0.2, -0.15) is 0 Å². The highest BCUT2D eigenvalue weighted by Gasteiger charge is 2.50. The number of hydrogen-bond acceptors (Lipinski definition) is 8. The predicted octanol–water partition coefficient (Wildman–Crippen LogP) is 4.83. The number of rotatable bonds is 11. The Morgan fingerprint density at radius 2 is 1.41 bits per heavy atom. The van der Waals surface area contributed by atoms with Crippen LogP contribution in [0.3, 0.4) is 0 Å². The standard InChI is InChI=1S/C32H42N2O7/c1-22(2)25-13-10-14-26(23(3)4)30(25)41-29(37)21-27(35)34(24-11-8-7-9-12-24)32(31(38)40-6)16-19-33(20-17-32)18-15-28(36)39-5/h7-14,22-23H,15-21H2,1-6H3. The quantitative estimate of drug-likeness (QED) is 0.217. The van der Waals surface area contributed by atoms with Gasteiger partial charge >= 0.3 is 17.9 Å². The summed E-state index contributed by atoms with van der Waals surface area (Å²) in [6.07, 6.45) is 0.211. The monoisotopic (exact) mass is 566 g/mol. The molecule has 0 bridgehead atoms. The Balaban J connectivity index is 1.91. The molecule has 41 heavy (non-hydrogen) atoms. The smallest absolute Gasteiger partial charge is 0.332 e. The molecule has 1 heterocycles. The van der Waals surface area contributed by atoms with Gasteiger partial charge in [-0.05, 0) is 47.9 Å². The van der Waals surface area contributed by atoms with E-state index in [0.717, 1.165) is 11.1 Å². The molecule has 9 nitrogen and oxygen atoms in total. The lowest BCUT2D eigenvalue weighted by Crippen LogP contribution is -2.63. The van der Waals surface area contributed by atoms with Crippen LogP contribution in [0.25, 0.3) is 0 Å². The highest BCUT2D eigenvalue weighted by Crippen LogP contribution is 2.37. The number of anilines is 1. The van der Waals surface area contributed by atoms with Crippen LogP contribution in [-0.4, -0.2) is 68.1 Å². The summed E-state index contributed by atoms with van der Waals surface area (Å²) in [7, 11) is 2.64. The van der Waals surface area contributed by atoms with Gasteiger partial charge in [0.25, 0.3) is 0 Å². The van der Waals surface area contributed by atoms with Crippen molar-refractivity contribution in [2.75, 3.05) is 38.8 Å². The molecule has 222 valence electrons. The van der Waals surface area contributed by atoms with Crippen LogP contribution in [0.15, 0.2) is 48.5 Å². The molecule has 0 spiro atoms. The molecule has 0 N–H and O–H groups in total. The summed E-state index contributed by atoms with van der Waals surface area (Å²) in [4.78, 5) is 55.8. The van der Waals surface area contributed by atoms with Crippen LogP contribution in [0.1, 0.15) is 76.3 Å². The van der Waals surface area contributed by atoms with E-state index in [1.54, 1.807) is 24.3 Å². The molecule has 1 aliphatic heterocycles. The van der Waals surface area contributed by atoms with Crippen molar-refractivity contribution in [1.29, 1.82) is 0 Å². The summed E-state index contributed by atoms with van der Waals surface area (Å²) in [6.45, 7) is 9.48. The summed E-state index contributed by atoms with van der Waals surface area (Å²) < 4.78 is 15.9. The Bertz CT molecular complexity index is 1190. The molecule has 0 saturated carbocycles. The third-order valence-electron chi connectivity index (χ3n) is 7.63. The number of carbonyl (C=O) groups is 4. The maximum absolute atomic E-state index is 14.0. The fourth-order valence-electron chi connectivity index (χ4n) is 5.37. The van der Waals surface area contributed by atoms with Crippen molar-refractivity contribution in [3.63, 3.8) is 0 Å². The Labute approximate surface area is 242 Å². The van der Waals surface area contributed by atoms with Crippen LogP contribution >= 0.6 is 0 Å². The minimum atomic E-state index is -1.33. The van der Waals surface area contributed by atoms with Crippen molar-refractivity contribution in [3.05, 3.63) is 59.7 Å². The van der Waals surface area contributed by atoms with Gasteiger partial charge in [0.05, 0.1) is 20.6 Å². The van der Waals surface area contributed by atoms with Crippen LogP contribution in [-0.2, 0) is 28.7 Å². The maximum atomic E-state index is 14.0. The number of benzene rings is 2. The molecule has 1 amide bonds. The predicted molar refractivity (Wildman–Crippen MR) is 156 cm³/mol. The number of para-hydroxylation sites is 2. The zero-order valence-electron chi connectivity index (χ0n) is 25.0. The zero-order valence-corrected chi connectivity index (χ0v) is 25.0. The van der Waals surface area contributed by atoms with Gasteiger partial charge in [0, 0.05) is 25.3 Å². The van der Waals surface area contributed by atoms with Gasteiger partial charge in [0.15, 0.2) is 0 Å². The van der Waals surface area contributed by atoms with E-state index in [1.165, 1.54) is 19.1 Å². The minimum Gasteiger partial charge on any atom is -0.469 e. The van der Waals surface area contributed by atoms with Crippen molar-refractivity contribution in [2.45, 2.75) is 70.8 Å². The second kappa shape index (κ2) is 14.3. The molecule has 1 aliphatic rings. The van der Waals surface area contributed by atoms with Gasteiger partial charge in [-0.25, -0.2) is 4.79 Å². The van der Waals surface area contributed by atoms with Crippen molar-refractivity contribution in [2.24, 2.45) is 0 Å². The first-order valence-corrected chi connectivity index (χ1v) is 14.1. The average molecular weight is 567 g/mol. The minimum absolute atomic E-state index is 0.111. The van der Waals surface area contributed by atoms with Crippen LogP contribution < -0.4 is 9.64 Å². The topological polar surface area (TPSA) is 102 Å². The second-order valence-electron chi connectivity index (χ2n) is 11.0. The van der Waals surface area contributed by atoms with E-state index in [1.807, 2.05) is 52.0 Å². The summed E-state index contributed by atoms with van der Waals surface area (Å²) in [5, 5.41) is 0. The molecule has 2 aromatic carbocycles. The number of piperidine rings is 1. The van der Waals surface area contributed by atoms with Crippen molar-refractivity contribution in [3.8, 4) is 5.75 Å². The van der Waals surface area contributed by atoms with Crippen molar-refractivity contribution >= 4 is 29.5 Å². The van der Waals surface area contributed by atoms with Crippen molar-refractivity contribution in [1.82, 2.24) is 4.90 Å². The van der Waals surface area contributed by atoms with Gasteiger partial charge in [0.2, 0.25) is 5.91 Å². The van der Waals surface area contributed by atoms with E-state index in [2.05, 4.69) is 4.90 Å². The normalized spacial score (nSPS) is 14.9. The van der Waals surface area contributed by atoms with Crippen molar-refractivity contribution < 1.29 is 33.4 Å². The van der Waals surface area contributed by atoms with E-state index >= 15 is 0 Å². The average Bonchev–Trinajstić information content (AvgIpc) is 2.96. The fourth-order valence-corrected chi connectivity index (χ4v) is 5.37. The highest BCUT2D eigenvalue weighted by atomic mass is 16.5. The Kier molecular flexibility index (Phi) is 11.1. The lowest BCUT2D eigenvalue weighted by molar-refractivity contribution is -0.152. The molecule has 3 rings (SSSR count). The molecule has 1 fully saturated rings. The first kappa shape index (κ1) is 31.8. The van der Waals surface area contributed by atoms with Crippen LogP contribution in [0.5, 0.6) is 5.75 Å². The second-order valence-corrected chi connectivity index (χ2v) is 11.0. The maximum Gasteiger partial charge on any atom is 0.332 e. The Hall–Kier alpha value is -3.72. The molecule has 0 radical (unpaired) electrons. The third-order valence-corrected chi connectivity index (χ3v) is 7.63. The van der Waals surface area contributed by atoms with Gasteiger partial charge in [-0.3, -0.25) is 19.3 Å². The SMILES string of the molecule is COC(=O)CCN1CCC(C(=O)OC)(N(C(=O)CC(=O)Oc2c(C(C)C)cccc2C(C)C)c2ccccc2)CC1. The van der Waals surface area contributed by atoms with Gasteiger partial charge in [0.1, 0.15) is 17.7 Å². The fraction of sp³-hybridized carbons (Fsp3) is 0.500. The molecule has 9 heteroatoms. The number of methoxy groups -OCH3 is 2. The molecule has 0 atom stereocenters. The molecule has 1 saturated heterocycles. The van der Waals surface area contributed by atoms with E-state index in [0.29, 0.717) is 31.1 Å². The molecule has 0 aliphatic carbocycles. The van der Waals surface area contributed by atoms with E-state index in [9.17, 15) is 19.2 Å². The zero-order chi connectivity index (χ0) is 30.2. The first-order valence-electron chi connectivity index (χ1n) is 14.1. The first-order chi connectivity index (χ1) is 19.5. The summed E-state index contributed by atoms with van der Waals surface area (Å²) in [5.41, 5.74) is 0.947. The summed E-state index contributed by atoms with van der Waals surface area (Å²) in [5.74, 6) is -1.40. The lowest BCUT2D eigenvalue weighted by Gasteiger charge is -2.46. The third kappa shape index (κ3) is 7.52. The lowest BCUT2D eigenvalue weighted by atomic mass is 9.84. The molecule has 0 unspecified atom stereocenters. The molecular formula is C32H42N2O7. The van der Waals surface area contributed by atoms with Gasteiger partial charge < -0.3 is 19.1 Å². The van der Waals surface area contributed by atoms with Crippen LogP contribution in [0.4, 0.5) is 5.69 Å². The molecular weight excluding hydrogens is 524 g/mol. The number of nitrogens with zero attached hydrogens (tertiary/aromatic N) is 2. The summed E-state index contributed by atoms with van der Waals surface area (Å²) >= 11 is 0.